The Balaban J connectivity index is 1.51. The Labute approximate surface area is 172 Å². The molecule has 0 saturated heterocycles. The van der Waals surface area contributed by atoms with Gasteiger partial charge in [-0.15, -0.1) is 10.2 Å². The molecule has 2 aromatic carbocycles. The Bertz CT molecular complexity index is 958. The van der Waals surface area contributed by atoms with Crippen LogP contribution in [0.5, 0.6) is 5.75 Å². The van der Waals surface area contributed by atoms with Gasteiger partial charge in [0.05, 0.1) is 6.10 Å². The number of rotatable bonds is 9. The van der Waals surface area contributed by atoms with Crippen molar-refractivity contribution in [3.63, 3.8) is 0 Å². The molecule has 0 aliphatic carbocycles. The quantitative estimate of drug-likeness (QED) is 0.424. The molecule has 1 heterocycles. The number of aromatic nitrogens is 3. The van der Waals surface area contributed by atoms with E-state index < -0.39 is 6.10 Å². The fraction of sp³-hybridized carbons (Fsp3) is 0.286. The first-order chi connectivity index (χ1) is 14.0. The molecule has 0 bridgehead atoms. The number of Topliss-reactive ketones (excluding diaryl/α,β-unsaturated/α-hetero) is 1. The van der Waals surface area contributed by atoms with Gasteiger partial charge in [-0.25, -0.2) is 4.39 Å². The summed E-state index contributed by atoms with van der Waals surface area (Å²) in [6, 6.07) is 12.9. The number of hydrogen-bond donors (Lipinski definition) is 1. The molecular formula is C21H22FN3O3S. The zero-order valence-corrected chi connectivity index (χ0v) is 17.0. The topological polar surface area (TPSA) is 77.2 Å². The highest BCUT2D eigenvalue weighted by Gasteiger charge is 2.14. The van der Waals surface area contributed by atoms with E-state index in [0.717, 1.165) is 5.56 Å². The third kappa shape index (κ3) is 5.42. The van der Waals surface area contributed by atoms with Crippen LogP contribution in [0, 0.1) is 5.82 Å². The van der Waals surface area contributed by atoms with Gasteiger partial charge in [0, 0.05) is 30.3 Å². The van der Waals surface area contributed by atoms with Crippen LogP contribution in [-0.2, 0) is 7.05 Å². The third-order valence-corrected chi connectivity index (χ3v) is 5.45. The second-order valence-corrected chi connectivity index (χ2v) is 7.44. The molecule has 0 aliphatic heterocycles. The highest BCUT2D eigenvalue weighted by Crippen LogP contribution is 2.23. The zero-order chi connectivity index (χ0) is 20.8. The van der Waals surface area contributed by atoms with Crippen LogP contribution in [0.1, 0.15) is 23.7 Å². The van der Waals surface area contributed by atoms with E-state index in [-0.39, 0.29) is 18.2 Å². The summed E-state index contributed by atoms with van der Waals surface area (Å²) < 4.78 is 20.5. The predicted molar refractivity (Wildman–Crippen MR) is 110 cm³/mol. The first kappa shape index (κ1) is 21.0. The lowest BCUT2D eigenvalue weighted by atomic mass is 10.1. The Morgan fingerprint density at radius 2 is 1.86 bits per heavy atom. The molecule has 152 valence electrons. The molecule has 0 unspecified atom stereocenters. The summed E-state index contributed by atoms with van der Waals surface area (Å²) in [5.41, 5.74) is 1.41. The molecule has 1 atom stereocenters. The van der Waals surface area contributed by atoms with Gasteiger partial charge in [0.25, 0.3) is 0 Å². The second-order valence-electron chi connectivity index (χ2n) is 6.45. The van der Waals surface area contributed by atoms with E-state index in [1.165, 1.54) is 23.9 Å². The average Bonchev–Trinajstić information content (AvgIpc) is 3.11. The minimum Gasteiger partial charge on any atom is -0.491 e. The first-order valence-corrected chi connectivity index (χ1v) is 10.2. The van der Waals surface area contributed by atoms with Gasteiger partial charge in [0.2, 0.25) is 0 Å². The smallest absolute Gasteiger partial charge is 0.191 e. The van der Waals surface area contributed by atoms with Gasteiger partial charge in [0.1, 0.15) is 18.2 Å². The summed E-state index contributed by atoms with van der Waals surface area (Å²) in [6.45, 7) is 1.94. The number of ketones is 1. The van der Waals surface area contributed by atoms with Crippen molar-refractivity contribution >= 4 is 17.5 Å². The van der Waals surface area contributed by atoms with Crippen LogP contribution < -0.4 is 4.74 Å². The van der Waals surface area contributed by atoms with Crippen molar-refractivity contribution in [2.24, 2.45) is 7.05 Å². The molecule has 0 fully saturated rings. The summed E-state index contributed by atoms with van der Waals surface area (Å²) in [4.78, 5) is 11.6. The van der Waals surface area contributed by atoms with Crippen LogP contribution in [0.3, 0.4) is 0 Å². The first-order valence-electron chi connectivity index (χ1n) is 9.20. The summed E-state index contributed by atoms with van der Waals surface area (Å²) >= 11 is 1.36. The number of hydrogen-bond acceptors (Lipinski definition) is 6. The summed E-state index contributed by atoms with van der Waals surface area (Å²) in [5.74, 6) is 1.37. The van der Waals surface area contributed by atoms with Gasteiger partial charge in [0.15, 0.2) is 16.8 Å². The maximum atomic E-state index is 13.1. The van der Waals surface area contributed by atoms with Crippen molar-refractivity contribution in [3.05, 3.63) is 59.9 Å². The van der Waals surface area contributed by atoms with Crippen LogP contribution in [0.15, 0.2) is 53.7 Å². The van der Waals surface area contributed by atoms with Gasteiger partial charge in [-0.3, -0.25) is 4.79 Å². The maximum absolute atomic E-state index is 13.1. The third-order valence-electron chi connectivity index (χ3n) is 4.28. The summed E-state index contributed by atoms with van der Waals surface area (Å²) in [5, 5.41) is 19.1. The molecule has 8 heteroatoms. The molecule has 0 spiro atoms. The Hall–Kier alpha value is -2.71. The molecule has 0 saturated carbocycles. The number of thioether (sulfide) groups is 1. The fourth-order valence-electron chi connectivity index (χ4n) is 2.64. The van der Waals surface area contributed by atoms with Crippen molar-refractivity contribution in [2.45, 2.75) is 24.6 Å². The number of carbonyl (C=O) groups excluding carboxylic acids is 1. The number of benzene rings is 2. The SMILES string of the molecule is CCC(=O)c1ccc(OC[C@@H](O)CSc2nnc(-c3ccc(F)cc3)n2C)cc1. The number of carbonyl (C=O) groups is 1. The fourth-order valence-corrected chi connectivity index (χ4v) is 3.46. The van der Waals surface area contributed by atoms with Gasteiger partial charge < -0.3 is 14.4 Å². The van der Waals surface area contributed by atoms with Crippen LogP contribution in [0.2, 0.25) is 0 Å². The minimum atomic E-state index is -0.706. The molecule has 1 aromatic heterocycles. The average molecular weight is 415 g/mol. The molecule has 0 radical (unpaired) electrons. The lowest BCUT2D eigenvalue weighted by Crippen LogP contribution is -2.20. The van der Waals surface area contributed by atoms with Crippen molar-refractivity contribution in [3.8, 4) is 17.1 Å². The number of aliphatic hydroxyl groups excluding tert-OH is 1. The molecule has 3 aromatic rings. The Kier molecular flexibility index (Phi) is 7.00. The number of nitrogens with zero attached hydrogens (tertiary/aromatic N) is 3. The Morgan fingerprint density at radius 3 is 2.52 bits per heavy atom. The van der Waals surface area contributed by atoms with Crippen LogP contribution in [-0.4, -0.2) is 44.1 Å². The lowest BCUT2D eigenvalue weighted by molar-refractivity contribution is 0.0987. The number of halogens is 1. The Morgan fingerprint density at radius 1 is 1.17 bits per heavy atom. The lowest BCUT2D eigenvalue weighted by Gasteiger charge is -2.12. The maximum Gasteiger partial charge on any atom is 0.191 e. The van der Waals surface area contributed by atoms with Gasteiger partial charge >= 0.3 is 0 Å². The second kappa shape index (κ2) is 9.67. The highest BCUT2D eigenvalue weighted by atomic mass is 32.2. The molecule has 1 N–H and O–H groups in total. The van der Waals surface area contributed by atoms with Crippen molar-refractivity contribution in [2.75, 3.05) is 12.4 Å². The summed E-state index contributed by atoms with van der Waals surface area (Å²) in [7, 11) is 1.82. The van der Waals surface area contributed by atoms with Gasteiger partial charge in [-0.1, -0.05) is 18.7 Å². The highest BCUT2D eigenvalue weighted by molar-refractivity contribution is 7.99. The van der Waals surface area contributed by atoms with Crippen LogP contribution >= 0.6 is 11.8 Å². The molecule has 0 aliphatic rings. The van der Waals surface area contributed by atoms with Crippen molar-refractivity contribution < 1.29 is 19.0 Å². The van der Waals surface area contributed by atoms with Crippen molar-refractivity contribution in [1.29, 1.82) is 0 Å². The van der Waals surface area contributed by atoms with E-state index >= 15 is 0 Å². The van der Waals surface area contributed by atoms with Crippen molar-refractivity contribution in [1.82, 2.24) is 14.8 Å². The summed E-state index contributed by atoms with van der Waals surface area (Å²) in [6.07, 6.45) is -0.246. The van der Waals surface area contributed by atoms with E-state index in [2.05, 4.69) is 10.2 Å². The monoisotopic (exact) mass is 415 g/mol. The van der Waals surface area contributed by atoms with E-state index in [9.17, 15) is 14.3 Å². The van der Waals surface area contributed by atoms with Crippen LogP contribution in [0.4, 0.5) is 4.39 Å². The number of aliphatic hydroxyl groups is 1. The van der Waals surface area contributed by atoms with Gasteiger partial charge in [-0.2, -0.15) is 0 Å². The normalized spacial score (nSPS) is 12.0. The van der Waals surface area contributed by atoms with E-state index in [1.807, 2.05) is 14.0 Å². The zero-order valence-electron chi connectivity index (χ0n) is 16.2. The van der Waals surface area contributed by atoms with Gasteiger partial charge in [-0.05, 0) is 48.5 Å². The molecule has 3 rings (SSSR count). The minimum absolute atomic E-state index is 0.0802. The van der Waals surface area contributed by atoms with Crippen LogP contribution in [0.25, 0.3) is 11.4 Å². The molecule has 29 heavy (non-hydrogen) atoms. The largest absolute Gasteiger partial charge is 0.491 e. The predicted octanol–water partition coefficient (Wildman–Crippen LogP) is 3.75. The number of ether oxygens (including phenoxy) is 1. The molecule has 6 nitrogen and oxygen atoms in total. The standard InChI is InChI=1S/C21H22FN3O3S/c1-3-19(27)14-6-10-18(11-7-14)28-12-17(26)13-29-21-24-23-20(25(21)2)15-4-8-16(22)9-5-15/h4-11,17,26H,3,12-13H2,1-2H3/t17-/m1/s1. The molecule has 0 amide bonds. The van der Waals surface area contributed by atoms with E-state index in [1.54, 1.807) is 41.0 Å². The van der Waals surface area contributed by atoms with E-state index in [4.69, 9.17) is 4.74 Å². The molecular weight excluding hydrogens is 393 g/mol. The van der Waals surface area contributed by atoms with E-state index in [0.29, 0.717) is 34.5 Å².